The molecule has 24 heavy (non-hydrogen) atoms. The summed E-state index contributed by atoms with van der Waals surface area (Å²) in [6, 6.07) is 11.8. The maximum atomic E-state index is 11.9. The Morgan fingerprint density at radius 1 is 1.17 bits per heavy atom. The molecule has 0 bridgehead atoms. The smallest absolute Gasteiger partial charge is 0.309 e. The minimum atomic E-state index is -0.624. The van der Waals surface area contributed by atoms with Gasteiger partial charge in [-0.2, -0.15) is 0 Å². The maximum absolute atomic E-state index is 11.9. The molecule has 126 valence electrons. The molecule has 6 nitrogen and oxygen atoms in total. The number of para-hydroxylation sites is 1. The zero-order valence-corrected chi connectivity index (χ0v) is 13.6. The van der Waals surface area contributed by atoms with Crippen LogP contribution in [0.25, 0.3) is 0 Å². The van der Waals surface area contributed by atoms with Gasteiger partial charge in [-0.3, -0.25) is 9.59 Å². The molecule has 2 amide bonds. The first kappa shape index (κ1) is 16.1. The minimum absolute atomic E-state index is 0.151. The number of nitrogens with one attached hydrogen (secondary N) is 2. The van der Waals surface area contributed by atoms with Gasteiger partial charge < -0.3 is 20.0 Å². The van der Waals surface area contributed by atoms with Crippen LogP contribution in [0.1, 0.15) is 24.3 Å². The van der Waals surface area contributed by atoms with Crippen molar-refractivity contribution in [3.8, 4) is 0 Å². The number of fused-ring (bicyclic) bond motifs is 1. The summed E-state index contributed by atoms with van der Waals surface area (Å²) in [4.78, 5) is 25.7. The van der Waals surface area contributed by atoms with Crippen LogP contribution in [0.4, 0.5) is 5.69 Å². The van der Waals surface area contributed by atoms with E-state index in [2.05, 4.69) is 27.7 Å². The highest BCUT2D eigenvalue weighted by atomic mass is 16.3. The van der Waals surface area contributed by atoms with Crippen LogP contribution in [0, 0.1) is 0 Å². The summed E-state index contributed by atoms with van der Waals surface area (Å²) in [5.41, 5.74) is 2.43. The lowest BCUT2D eigenvalue weighted by atomic mass is 10.1. The number of carbonyl (C=O) groups excluding carboxylic acids is 2. The number of rotatable bonds is 5. The Labute approximate surface area is 140 Å². The molecule has 1 aliphatic heterocycles. The van der Waals surface area contributed by atoms with E-state index in [4.69, 9.17) is 4.42 Å². The van der Waals surface area contributed by atoms with Gasteiger partial charge in [0.2, 0.25) is 0 Å². The first-order valence-corrected chi connectivity index (χ1v) is 8.14. The molecule has 0 aliphatic carbocycles. The highest BCUT2D eigenvalue weighted by Crippen LogP contribution is 2.34. The van der Waals surface area contributed by atoms with Crippen LogP contribution in [0.2, 0.25) is 0 Å². The Hall–Kier alpha value is -2.76. The topological polar surface area (TPSA) is 74.6 Å². The number of hydrogen-bond acceptors (Lipinski definition) is 4. The fourth-order valence-electron chi connectivity index (χ4n) is 3.04. The fraction of sp³-hybridized carbons (Fsp3) is 0.333. The van der Waals surface area contributed by atoms with Crippen LogP contribution in [0.15, 0.2) is 47.1 Å². The molecule has 6 heteroatoms. The first-order valence-electron chi connectivity index (χ1n) is 8.14. The number of nitrogens with zero attached hydrogens (tertiary/aromatic N) is 1. The Morgan fingerprint density at radius 3 is 2.71 bits per heavy atom. The van der Waals surface area contributed by atoms with E-state index in [-0.39, 0.29) is 6.04 Å². The van der Waals surface area contributed by atoms with Crippen molar-refractivity contribution in [1.29, 1.82) is 0 Å². The number of likely N-dealkylation sites (N-methyl/N-ethyl adjacent to an activating group) is 1. The van der Waals surface area contributed by atoms with Crippen LogP contribution in [0.5, 0.6) is 0 Å². The molecular formula is C18H21N3O3. The minimum Gasteiger partial charge on any atom is -0.467 e. The summed E-state index contributed by atoms with van der Waals surface area (Å²) in [5.74, 6) is -0.471. The predicted molar refractivity (Wildman–Crippen MR) is 90.6 cm³/mol. The zero-order valence-electron chi connectivity index (χ0n) is 13.6. The molecule has 2 heterocycles. The van der Waals surface area contributed by atoms with Crippen LogP contribution >= 0.6 is 0 Å². The van der Waals surface area contributed by atoms with E-state index >= 15 is 0 Å². The molecule has 2 N–H and O–H groups in total. The van der Waals surface area contributed by atoms with Gasteiger partial charge in [0.1, 0.15) is 11.8 Å². The van der Waals surface area contributed by atoms with Crippen LogP contribution in [-0.4, -0.2) is 31.4 Å². The lowest BCUT2D eigenvalue weighted by Gasteiger charge is -2.29. The Kier molecular flexibility index (Phi) is 4.84. The molecule has 1 atom stereocenters. The normalized spacial score (nSPS) is 14.1. The van der Waals surface area contributed by atoms with E-state index < -0.39 is 11.8 Å². The standard InChI is InChI=1S/C18H21N3O3/c1-2-19-17(22)18(23)20-12-15(16-8-5-11-24-16)21-10-9-13-6-3-4-7-14(13)21/h3-8,11,15H,2,9-10,12H2,1H3,(H,19,22)(H,20,23). The average molecular weight is 327 g/mol. The quantitative estimate of drug-likeness (QED) is 0.819. The number of furan rings is 1. The third-order valence-electron chi connectivity index (χ3n) is 4.17. The highest BCUT2D eigenvalue weighted by molar-refractivity contribution is 6.35. The van der Waals surface area contributed by atoms with E-state index in [1.807, 2.05) is 24.3 Å². The fourth-order valence-corrected chi connectivity index (χ4v) is 3.04. The zero-order chi connectivity index (χ0) is 16.9. The van der Waals surface area contributed by atoms with Gasteiger partial charge in [-0.25, -0.2) is 0 Å². The van der Waals surface area contributed by atoms with Gasteiger partial charge in [0.05, 0.1) is 6.26 Å². The van der Waals surface area contributed by atoms with Gasteiger partial charge >= 0.3 is 11.8 Å². The number of amides is 2. The van der Waals surface area contributed by atoms with Crippen molar-refractivity contribution in [2.45, 2.75) is 19.4 Å². The third-order valence-corrected chi connectivity index (χ3v) is 4.17. The van der Waals surface area contributed by atoms with Crippen LogP contribution in [-0.2, 0) is 16.0 Å². The van der Waals surface area contributed by atoms with E-state index in [0.717, 1.165) is 24.4 Å². The average Bonchev–Trinajstić information content (AvgIpc) is 3.25. The van der Waals surface area contributed by atoms with E-state index in [1.165, 1.54) is 5.56 Å². The van der Waals surface area contributed by atoms with E-state index in [9.17, 15) is 9.59 Å². The SMILES string of the molecule is CCNC(=O)C(=O)NCC(c1ccco1)N1CCc2ccccc21. The Morgan fingerprint density at radius 2 is 1.96 bits per heavy atom. The van der Waals surface area contributed by atoms with E-state index in [0.29, 0.717) is 13.1 Å². The van der Waals surface area contributed by atoms with Crippen molar-refractivity contribution >= 4 is 17.5 Å². The second-order valence-electron chi connectivity index (χ2n) is 5.67. The second-order valence-corrected chi connectivity index (χ2v) is 5.67. The molecule has 3 rings (SSSR count). The van der Waals surface area contributed by atoms with Crippen molar-refractivity contribution < 1.29 is 14.0 Å². The monoisotopic (exact) mass is 327 g/mol. The van der Waals surface area contributed by atoms with Gasteiger partial charge in [-0.05, 0) is 37.1 Å². The summed E-state index contributed by atoms with van der Waals surface area (Å²) in [7, 11) is 0. The Bertz CT molecular complexity index is 712. The highest BCUT2D eigenvalue weighted by Gasteiger charge is 2.29. The summed E-state index contributed by atoms with van der Waals surface area (Å²) < 4.78 is 5.57. The molecule has 1 aliphatic rings. The molecule has 0 saturated carbocycles. The van der Waals surface area contributed by atoms with Gasteiger partial charge in [0.25, 0.3) is 0 Å². The van der Waals surface area contributed by atoms with Gasteiger partial charge in [-0.15, -0.1) is 0 Å². The molecule has 2 aromatic rings. The van der Waals surface area contributed by atoms with Crippen molar-refractivity contribution in [2.75, 3.05) is 24.5 Å². The molecule has 0 fully saturated rings. The van der Waals surface area contributed by atoms with Gasteiger partial charge in [-0.1, -0.05) is 18.2 Å². The van der Waals surface area contributed by atoms with Crippen molar-refractivity contribution in [3.05, 3.63) is 54.0 Å². The lowest BCUT2D eigenvalue weighted by Crippen LogP contribution is -2.44. The molecule has 0 saturated heterocycles. The van der Waals surface area contributed by atoms with Gasteiger partial charge in [0, 0.05) is 25.3 Å². The second kappa shape index (κ2) is 7.21. The van der Waals surface area contributed by atoms with Crippen molar-refractivity contribution in [3.63, 3.8) is 0 Å². The summed E-state index contributed by atoms with van der Waals surface area (Å²) in [5, 5.41) is 5.21. The molecule has 1 aromatic heterocycles. The summed E-state index contributed by atoms with van der Waals surface area (Å²) >= 11 is 0. The maximum Gasteiger partial charge on any atom is 0.309 e. The predicted octanol–water partition coefficient (Wildman–Crippen LogP) is 1.64. The molecule has 1 aromatic carbocycles. The molecule has 0 spiro atoms. The van der Waals surface area contributed by atoms with Crippen LogP contribution < -0.4 is 15.5 Å². The third kappa shape index (κ3) is 3.27. The molecule has 1 unspecified atom stereocenters. The lowest BCUT2D eigenvalue weighted by molar-refractivity contribution is -0.139. The first-order chi connectivity index (χ1) is 11.7. The number of carbonyl (C=O) groups is 2. The molecule has 0 radical (unpaired) electrons. The largest absolute Gasteiger partial charge is 0.467 e. The van der Waals surface area contributed by atoms with E-state index in [1.54, 1.807) is 13.2 Å². The number of hydrogen-bond donors (Lipinski definition) is 2. The summed E-state index contributed by atoms with van der Waals surface area (Å²) in [6.07, 6.45) is 2.58. The van der Waals surface area contributed by atoms with Gasteiger partial charge in [0.15, 0.2) is 0 Å². The van der Waals surface area contributed by atoms with Crippen molar-refractivity contribution in [1.82, 2.24) is 10.6 Å². The van der Waals surface area contributed by atoms with Crippen molar-refractivity contribution in [2.24, 2.45) is 0 Å². The molecular weight excluding hydrogens is 306 g/mol. The summed E-state index contributed by atoms with van der Waals surface area (Å²) in [6.45, 7) is 3.35. The Balaban J connectivity index is 1.77. The number of anilines is 1. The van der Waals surface area contributed by atoms with Crippen LogP contribution in [0.3, 0.4) is 0 Å². The number of benzene rings is 1.